The molecule has 0 saturated carbocycles. The highest BCUT2D eigenvalue weighted by molar-refractivity contribution is 6.25. The molecule has 4 aliphatic rings. The summed E-state index contributed by atoms with van der Waals surface area (Å²) in [7, 11) is 0. The first kappa shape index (κ1) is 24.6. The predicted octanol–water partition coefficient (Wildman–Crippen LogP) is 5.25. The van der Waals surface area contributed by atoms with Crippen molar-refractivity contribution in [2.24, 2.45) is 16.8 Å². The number of anilines is 1. The Balaban J connectivity index is 1.51. The molecule has 4 aromatic carbocycles. The van der Waals surface area contributed by atoms with E-state index in [1.54, 1.807) is 30.5 Å². The van der Waals surface area contributed by atoms with Crippen LogP contribution < -0.4 is 4.90 Å². The normalized spacial score (nSPS) is 23.8. The van der Waals surface area contributed by atoms with Crippen molar-refractivity contribution in [2.45, 2.75) is 11.3 Å². The average Bonchev–Trinajstić information content (AvgIpc) is 3.26. The Kier molecular flexibility index (Phi) is 5.27. The first-order valence-corrected chi connectivity index (χ1v) is 13.0. The van der Waals surface area contributed by atoms with E-state index in [1.807, 2.05) is 48.5 Å². The maximum atomic E-state index is 14.5. The van der Waals surface area contributed by atoms with E-state index in [1.165, 1.54) is 24.3 Å². The average molecular weight is 544 g/mol. The highest BCUT2D eigenvalue weighted by Gasteiger charge is 2.68. The van der Waals surface area contributed by atoms with Crippen LogP contribution in [-0.2, 0) is 15.0 Å². The second kappa shape index (κ2) is 8.79. The van der Waals surface area contributed by atoms with E-state index < -0.39 is 45.9 Å². The van der Waals surface area contributed by atoms with Gasteiger partial charge in [0, 0.05) is 18.2 Å². The van der Waals surface area contributed by atoms with Crippen LogP contribution in [0.3, 0.4) is 0 Å². The van der Waals surface area contributed by atoms with Gasteiger partial charge in [-0.25, -0.2) is 9.69 Å². The number of carboxylic acids is 1. The molecule has 0 unspecified atom stereocenters. The molecule has 1 fully saturated rings. The van der Waals surface area contributed by atoms with Crippen LogP contribution >= 0.6 is 0 Å². The number of carbonyl (C=O) groups is 3. The number of para-hydroxylation sites is 3. The fourth-order valence-electron chi connectivity index (χ4n) is 7.03. The number of rotatable bonds is 5. The topological polar surface area (TPSA) is 130 Å². The molecule has 2 bridgehead atoms. The third-order valence-electron chi connectivity index (χ3n) is 8.54. The van der Waals surface area contributed by atoms with Crippen LogP contribution in [0.25, 0.3) is 0 Å². The van der Waals surface area contributed by atoms with Gasteiger partial charge in [0.1, 0.15) is 5.69 Å². The summed E-state index contributed by atoms with van der Waals surface area (Å²) in [6.45, 7) is 0. The molecular weight excluding hydrogens is 522 g/mol. The number of nitro groups is 1. The van der Waals surface area contributed by atoms with Gasteiger partial charge in [-0.2, -0.15) is 0 Å². The van der Waals surface area contributed by atoms with E-state index in [0.29, 0.717) is 0 Å². The molecule has 200 valence electrons. The fourth-order valence-corrected chi connectivity index (χ4v) is 7.03. The quantitative estimate of drug-likeness (QED) is 0.158. The third-order valence-corrected chi connectivity index (χ3v) is 8.54. The minimum absolute atomic E-state index is 0.00173. The largest absolute Gasteiger partial charge is 0.478 e. The van der Waals surface area contributed by atoms with Crippen LogP contribution in [0, 0.1) is 22.0 Å². The lowest BCUT2D eigenvalue weighted by Gasteiger charge is -2.52. The van der Waals surface area contributed by atoms with Gasteiger partial charge >= 0.3 is 5.97 Å². The molecule has 1 saturated heterocycles. The standard InChI is InChI=1S/C32H21N3O6/c36-29-27-26-18-9-1-4-12-21(18)32(22-13-5-2-10-19(22)26,17-33-23-14-6-3-11-20(23)31(38)39)28(27)30(37)34(29)24-15-7-8-16-25(24)35(40)41/h1-17,26-28H,(H,38,39)/t26?,27-,28+,32?/m1/s1. The molecule has 41 heavy (non-hydrogen) atoms. The number of aliphatic imine (C=N–C) groups is 1. The Morgan fingerprint density at radius 1 is 0.854 bits per heavy atom. The van der Waals surface area contributed by atoms with Crippen molar-refractivity contribution in [3.05, 3.63) is 135 Å². The zero-order valence-electron chi connectivity index (χ0n) is 21.4. The summed E-state index contributed by atoms with van der Waals surface area (Å²) in [5.74, 6) is -4.44. The molecule has 0 spiro atoms. The molecule has 3 aliphatic carbocycles. The first-order valence-electron chi connectivity index (χ1n) is 13.0. The van der Waals surface area contributed by atoms with Crippen molar-refractivity contribution in [2.75, 3.05) is 4.90 Å². The smallest absolute Gasteiger partial charge is 0.337 e. The summed E-state index contributed by atoms with van der Waals surface area (Å²) in [6, 6.07) is 27.2. The second-order valence-electron chi connectivity index (χ2n) is 10.4. The number of nitro benzene ring substituents is 1. The van der Waals surface area contributed by atoms with Crippen LogP contribution in [0.4, 0.5) is 17.1 Å². The number of benzene rings is 4. The summed E-state index contributed by atoms with van der Waals surface area (Å²) in [5.41, 5.74) is 1.90. The van der Waals surface area contributed by atoms with E-state index in [9.17, 15) is 29.6 Å². The van der Waals surface area contributed by atoms with Gasteiger partial charge in [0.05, 0.1) is 33.4 Å². The first-order chi connectivity index (χ1) is 19.9. The molecule has 2 amide bonds. The van der Waals surface area contributed by atoms with E-state index in [2.05, 4.69) is 4.99 Å². The molecule has 0 aromatic heterocycles. The van der Waals surface area contributed by atoms with Gasteiger partial charge in [0.2, 0.25) is 11.8 Å². The van der Waals surface area contributed by atoms with Gasteiger partial charge in [0.15, 0.2) is 0 Å². The summed E-state index contributed by atoms with van der Waals surface area (Å²) in [4.78, 5) is 57.6. The maximum Gasteiger partial charge on any atom is 0.337 e. The Morgan fingerprint density at radius 3 is 2.10 bits per heavy atom. The number of hydrogen-bond donors (Lipinski definition) is 1. The van der Waals surface area contributed by atoms with E-state index in [-0.39, 0.29) is 22.6 Å². The molecule has 4 aromatic rings. The van der Waals surface area contributed by atoms with Crippen LogP contribution in [-0.4, -0.2) is 34.0 Å². The molecule has 1 aliphatic heterocycles. The maximum absolute atomic E-state index is 14.5. The van der Waals surface area contributed by atoms with Gasteiger partial charge in [-0.3, -0.25) is 24.7 Å². The Labute approximate surface area is 233 Å². The van der Waals surface area contributed by atoms with Gasteiger partial charge < -0.3 is 5.11 Å². The highest BCUT2D eigenvalue weighted by Crippen LogP contribution is 2.64. The lowest BCUT2D eigenvalue weighted by Crippen LogP contribution is -2.54. The molecule has 1 heterocycles. The van der Waals surface area contributed by atoms with Crippen molar-refractivity contribution in [1.82, 2.24) is 0 Å². The molecule has 1 N–H and O–H groups in total. The molecule has 9 nitrogen and oxygen atoms in total. The van der Waals surface area contributed by atoms with Crippen LogP contribution in [0.5, 0.6) is 0 Å². The number of aromatic carboxylic acids is 1. The Morgan fingerprint density at radius 2 is 1.44 bits per heavy atom. The minimum Gasteiger partial charge on any atom is -0.478 e. The molecule has 2 atom stereocenters. The number of nitrogens with zero attached hydrogens (tertiary/aromatic N) is 3. The van der Waals surface area contributed by atoms with Crippen molar-refractivity contribution in [1.29, 1.82) is 0 Å². The highest BCUT2D eigenvalue weighted by atomic mass is 16.6. The summed E-state index contributed by atoms with van der Waals surface area (Å²) >= 11 is 0. The van der Waals surface area contributed by atoms with Gasteiger partial charge in [-0.1, -0.05) is 72.8 Å². The van der Waals surface area contributed by atoms with Crippen LogP contribution in [0.15, 0.2) is 102 Å². The van der Waals surface area contributed by atoms with Crippen molar-refractivity contribution in [3.63, 3.8) is 0 Å². The van der Waals surface area contributed by atoms with Gasteiger partial charge in [-0.15, -0.1) is 0 Å². The number of hydrogen-bond acceptors (Lipinski definition) is 6. The second-order valence-corrected chi connectivity index (χ2v) is 10.4. The number of imide groups is 1. The molecular formula is C32H21N3O6. The number of carbonyl (C=O) groups excluding carboxylic acids is 2. The lowest BCUT2D eigenvalue weighted by atomic mass is 9.47. The molecule has 0 radical (unpaired) electrons. The third kappa shape index (κ3) is 3.23. The zero-order chi connectivity index (χ0) is 28.5. The fraction of sp³-hybridized carbons (Fsp3) is 0.125. The van der Waals surface area contributed by atoms with Crippen molar-refractivity contribution in [3.8, 4) is 0 Å². The Hall–Kier alpha value is -5.44. The molecule has 8 rings (SSSR count). The summed E-state index contributed by atoms with van der Waals surface area (Å²) in [6.07, 6.45) is 1.60. The Bertz CT molecular complexity index is 1800. The SMILES string of the molecule is O=C(O)c1ccccc1N=CC12c3ccccc3C(c3ccccc31)[C@H]1C(=O)N(c3ccccc3[N+](=O)[O-])C(=O)[C@H]12. The minimum atomic E-state index is -1.23. The number of amides is 2. The van der Waals surface area contributed by atoms with Crippen LogP contribution in [0.1, 0.15) is 38.5 Å². The van der Waals surface area contributed by atoms with Crippen molar-refractivity contribution < 1.29 is 24.4 Å². The summed E-state index contributed by atoms with van der Waals surface area (Å²) < 4.78 is 0. The summed E-state index contributed by atoms with van der Waals surface area (Å²) in [5, 5.41) is 21.7. The predicted molar refractivity (Wildman–Crippen MR) is 150 cm³/mol. The van der Waals surface area contributed by atoms with Crippen molar-refractivity contribution >= 4 is 41.1 Å². The van der Waals surface area contributed by atoms with Crippen LogP contribution in [0.2, 0.25) is 0 Å². The van der Waals surface area contributed by atoms with E-state index in [0.717, 1.165) is 27.2 Å². The van der Waals surface area contributed by atoms with Gasteiger partial charge in [0.25, 0.3) is 5.69 Å². The van der Waals surface area contributed by atoms with E-state index >= 15 is 0 Å². The lowest BCUT2D eigenvalue weighted by molar-refractivity contribution is -0.384. The van der Waals surface area contributed by atoms with E-state index in [4.69, 9.17) is 0 Å². The zero-order valence-corrected chi connectivity index (χ0v) is 21.4. The number of carboxylic acid groups (broad SMARTS) is 1. The van der Waals surface area contributed by atoms with Gasteiger partial charge in [-0.05, 0) is 40.5 Å². The molecule has 9 heteroatoms. The monoisotopic (exact) mass is 543 g/mol.